The van der Waals surface area contributed by atoms with Crippen molar-refractivity contribution in [2.45, 2.75) is 19.3 Å². The van der Waals surface area contributed by atoms with Gasteiger partial charge in [0.05, 0.1) is 6.61 Å². The molecular weight excluding hydrogens is 296 g/mol. The average molecular weight is 311 g/mol. The van der Waals surface area contributed by atoms with E-state index in [1.165, 1.54) is 16.0 Å². The van der Waals surface area contributed by atoms with Crippen LogP contribution < -0.4 is 0 Å². The standard InChI is InChI=1S/C14H15BrOS/c1-10-3-2-4-11(5-10)12(8-16)6-14-7-13(15)9-17-14/h2-5,7,9,12,16H,6,8H2,1H3. The number of benzene rings is 1. The van der Waals surface area contributed by atoms with Crippen LogP contribution in [-0.2, 0) is 6.42 Å². The molecular formula is C14H15BrOS. The molecule has 1 unspecified atom stereocenters. The maximum atomic E-state index is 9.53. The quantitative estimate of drug-likeness (QED) is 0.900. The van der Waals surface area contributed by atoms with Crippen LogP contribution in [0.2, 0.25) is 0 Å². The van der Waals surface area contributed by atoms with Gasteiger partial charge >= 0.3 is 0 Å². The maximum absolute atomic E-state index is 9.53. The Hall–Kier alpha value is -0.640. The van der Waals surface area contributed by atoms with E-state index in [1.54, 1.807) is 11.3 Å². The molecule has 2 rings (SSSR count). The summed E-state index contributed by atoms with van der Waals surface area (Å²) in [6.45, 7) is 2.28. The van der Waals surface area contributed by atoms with Gasteiger partial charge in [0.2, 0.25) is 0 Å². The van der Waals surface area contributed by atoms with Crippen molar-refractivity contribution in [3.05, 3.63) is 56.2 Å². The Morgan fingerprint density at radius 1 is 1.35 bits per heavy atom. The largest absolute Gasteiger partial charge is 0.396 e. The lowest BCUT2D eigenvalue weighted by atomic mass is 9.95. The number of thiophene rings is 1. The monoisotopic (exact) mass is 310 g/mol. The van der Waals surface area contributed by atoms with Gasteiger partial charge in [0, 0.05) is 20.6 Å². The van der Waals surface area contributed by atoms with Crippen LogP contribution in [0, 0.1) is 6.92 Å². The molecule has 1 N–H and O–H groups in total. The number of halogens is 1. The van der Waals surface area contributed by atoms with E-state index in [0.717, 1.165) is 10.9 Å². The van der Waals surface area contributed by atoms with Gasteiger partial charge in [-0.25, -0.2) is 0 Å². The van der Waals surface area contributed by atoms with Gasteiger partial charge in [-0.2, -0.15) is 0 Å². The normalized spacial score (nSPS) is 12.6. The zero-order valence-electron chi connectivity index (χ0n) is 9.69. The smallest absolute Gasteiger partial charge is 0.0503 e. The Kier molecular flexibility index (Phi) is 4.37. The average Bonchev–Trinajstić information content (AvgIpc) is 2.72. The van der Waals surface area contributed by atoms with E-state index in [2.05, 4.69) is 58.6 Å². The zero-order valence-corrected chi connectivity index (χ0v) is 12.1. The van der Waals surface area contributed by atoms with Crippen LogP contribution in [0.15, 0.2) is 40.2 Å². The number of aliphatic hydroxyl groups excluding tert-OH is 1. The third-order valence-electron chi connectivity index (χ3n) is 2.80. The van der Waals surface area contributed by atoms with E-state index in [0.29, 0.717) is 0 Å². The van der Waals surface area contributed by atoms with Crippen LogP contribution in [0.1, 0.15) is 21.9 Å². The number of aryl methyl sites for hydroxylation is 1. The SMILES string of the molecule is Cc1cccc(C(CO)Cc2cc(Br)cs2)c1. The molecule has 0 saturated carbocycles. The van der Waals surface area contributed by atoms with Gasteiger partial charge in [-0.05, 0) is 40.9 Å². The Morgan fingerprint density at radius 2 is 2.18 bits per heavy atom. The molecule has 1 aromatic carbocycles. The first-order valence-corrected chi connectivity index (χ1v) is 7.26. The van der Waals surface area contributed by atoms with Crippen LogP contribution in [0.4, 0.5) is 0 Å². The van der Waals surface area contributed by atoms with Crippen LogP contribution in [-0.4, -0.2) is 11.7 Å². The Morgan fingerprint density at radius 3 is 2.76 bits per heavy atom. The fourth-order valence-electron chi connectivity index (χ4n) is 1.92. The van der Waals surface area contributed by atoms with Gasteiger partial charge in [-0.15, -0.1) is 11.3 Å². The molecule has 0 aliphatic heterocycles. The van der Waals surface area contributed by atoms with Gasteiger partial charge in [-0.3, -0.25) is 0 Å². The molecule has 0 saturated heterocycles. The molecule has 0 fully saturated rings. The number of aliphatic hydroxyl groups is 1. The van der Waals surface area contributed by atoms with Crippen LogP contribution in [0.3, 0.4) is 0 Å². The van der Waals surface area contributed by atoms with Crippen LogP contribution >= 0.6 is 27.3 Å². The minimum atomic E-state index is 0.193. The summed E-state index contributed by atoms with van der Waals surface area (Å²) in [5.41, 5.74) is 2.46. The molecule has 90 valence electrons. The van der Waals surface area contributed by atoms with E-state index in [4.69, 9.17) is 0 Å². The summed E-state index contributed by atoms with van der Waals surface area (Å²) in [7, 11) is 0. The van der Waals surface area contributed by atoms with E-state index >= 15 is 0 Å². The van der Waals surface area contributed by atoms with Crippen LogP contribution in [0.25, 0.3) is 0 Å². The molecule has 0 spiro atoms. The lowest BCUT2D eigenvalue weighted by Crippen LogP contribution is -2.07. The van der Waals surface area contributed by atoms with Crippen molar-refractivity contribution in [1.29, 1.82) is 0 Å². The molecule has 1 heterocycles. The second-order valence-electron chi connectivity index (χ2n) is 4.23. The summed E-state index contributed by atoms with van der Waals surface area (Å²) in [6.07, 6.45) is 0.899. The highest BCUT2D eigenvalue weighted by atomic mass is 79.9. The molecule has 1 aromatic heterocycles. The molecule has 0 amide bonds. The van der Waals surface area contributed by atoms with E-state index in [1.807, 2.05) is 0 Å². The number of hydrogen-bond donors (Lipinski definition) is 1. The first kappa shape index (κ1) is 12.8. The molecule has 2 aromatic rings. The van der Waals surface area contributed by atoms with E-state index < -0.39 is 0 Å². The highest BCUT2D eigenvalue weighted by molar-refractivity contribution is 9.10. The van der Waals surface area contributed by atoms with Crippen molar-refractivity contribution < 1.29 is 5.11 Å². The van der Waals surface area contributed by atoms with Crippen molar-refractivity contribution in [1.82, 2.24) is 0 Å². The molecule has 17 heavy (non-hydrogen) atoms. The second-order valence-corrected chi connectivity index (χ2v) is 6.14. The molecule has 0 aliphatic rings. The minimum Gasteiger partial charge on any atom is -0.396 e. The minimum absolute atomic E-state index is 0.193. The lowest BCUT2D eigenvalue weighted by Gasteiger charge is -2.14. The van der Waals surface area contributed by atoms with Gasteiger partial charge in [-0.1, -0.05) is 29.8 Å². The number of hydrogen-bond acceptors (Lipinski definition) is 2. The predicted molar refractivity (Wildman–Crippen MR) is 76.7 cm³/mol. The van der Waals surface area contributed by atoms with Crippen molar-refractivity contribution in [2.24, 2.45) is 0 Å². The summed E-state index contributed by atoms with van der Waals surface area (Å²) < 4.78 is 1.12. The molecule has 1 nitrogen and oxygen atoms in total. The summed E-state index contributed by atoms with van der Waals surface area (Å²) in [5, 5.41) is 11.6. The highest BCUT2D eigenvalue weighted by Crippen LogP contribution is 2.27. The zero-order chi connectivity index (χ0) is 12.3. The second kappa shape index (κ2) is 5.80. The fourth-order valence-corrected chi connectivity index (χ4v) is 3.45. The van der Waals surface area contributed by atoms with Gasteiger partial charge in [0.25, 0.3) is 0 Å². The van der Waals surface area contributed by atoms with Crippen molar-refractivity contribution in [2.75, 3.05) is 6.61 Å². The first-order valence-electron chi connectivity index (χ1n) is 5.59. The Bertz CT molecular complexity index is 492. The summed E-state index contributed by atoms with van der Waals surface area (Å²) in [5.74, 6) is 0.195. The maximum Gasteiger partial charge on any atom is 0.0503 e. The topological polar surface area (TPSA) is 20.2 Å². The van der Waals surface area contributed by atoms with Crippen molar-refractivity contribution in [3.8, 4) is 0 Å². The molecule has 3 heteroatoms. The third kappa shape index (κ3) is 3.41. The Labute approximate surface area is 114 Å². The molecule has 0 radical (unpaired) electrons. The molecule has 0 bridgehead atoms. The highest BCUT2D eigenvalue weighted by Gasteiger charge is 2.12. The molecule has 0 aliphatic carbocycles. The summed E-state index contributed by atoms with van der Waals surface area (Å²) in [4.78, 5) is 1.30. The molecule has 1 atom stereocenters. The Balaban J connectivity index is 2.16. The first-order chi connectivity index (χ1) is 8.19. The van der Waals surface area contributed by atoms with Gasteiger partial charge in [0.1, 0.15) is 0 Å². The van der Waals surface area contributed by atoms with Crippen LogP contribution in [0.5, 0.6) is 0 Å². The number of rotatable bonds is 4. The van der Waals surface area contributed by atoms with E-state index in [-0.39, 0.29) is 12.5 Å². The van der Waals surface area contributed by atoms with Gasteiger partial charge < -0.3 is 5.11 Å². The fraction of sp³-hybridized carbons (Fsp3) is 0.286. The summed E-state index contributed by atoms with van der Waals surface area (Å²) >= 11 is 5.19. The van der Waals surface area contributed by atoms with Gasteiger partial charge in [0.15, 0.2) is 0 Å². The van der Waals surface area contributed by atoms with E-state index in [9.17, 15) is 5.11 Å². The predicted octanol–water partition coefficient (Wildman–Crippen LogP) is 4.14. The lowest BCUT2D eigenvalue weighted by molar-refractivity contribution is 0.265. The third-order valence-corrected chi connectivity index (χ3v) is 4.52. The summed E-state index contributed by atoms with van der Waals surface area (Å²) in [6, 6.07) is 10.5. The van der Waals surface area contributed by atoms with Crippen molar-refractivity contribution in [3.63, 3.8) is 0 Å². The van der Waals surface area contributed by atoms with Crippen molar-refractivity contribution >= 4 is 27.3 Å².